The molecular weight excluding hydrogens is 360 g/mol. The molecule has 0 radical (unpaired) electrons. The molecule has 2 aromatic heterocycles. The summed E-state index contributed by atoms with van der Waals surface area (Å²) in [5.74, 6) is -0.576. The molecule has 0 unspecified atom stereocenters. The van der Waals surface area contributed by atoms with Gasteiger partial charge in [-0.15, -0.1) is 11.8 Å². The summed E-state index contributed by atoms with van der Waals surface area (Å²) in [7, 11) is 0. The van der Waals surface area contributed by atoms with Gasteiger partial charge in [-0.2, -0.15) is 9.78 Å². The molecule has 0 bridgehead atoms. The number of hydrogen-bond acceptors (Lipinski definition) is 5. The maximum atomic E-state index is 14.4. The van der Waals surface area contributed by atoms with Crippen molar-refractivity contribution in [1.82, 2.24) is 19.7 Å². The Bertz CT molecular complexity index is 992. The van der Waals surface area contributed by atoms with Crippen LogP contribution in [0.2, 0.25) is 0 Å². The van der Waals surface area contributed by atoms with Crippen molar-refractivity contribution in [1.29, 1.82) is 0 Å². The lowest BCUT2D eigenvalue weighted by molar-refractivity contribution is -0.113. The summed E-state index contributed by atoms with van der Waals surface area (Å²) in [6, 6.07) is 4.98. The van der Waals surface area contributed by atoms with E-state index in [0.29, 0.717) is 17.1 Å². The van der Waals surface area contributed by atoms with E-state index in [1.807, 2.05) is 0 Å². The van der Waals surface area contributed by atoms with Gasteiger partial charge in [0.15, 0.2) is 0 Å². The topological polar surface area (TPSA) is 72.7 Å². The number of rotatable bonds is 2. The summed E-state index contributed by atoms with van der Waals surface area (Å²) in [5, 5.41) is 6.62. The minimum atomic E-state index is -0.586. The van der Waals surface area contributed by atoms with Crippen LogP contribution in [0, 0.1) is 18.6 Å². The second kappa shape index (κ2) is 6.49. The number of aryl methyl sites for hydroxylation is 1. The minimum absolute atomic E-state index is 0.102. The largest absolute Gasteiger partial charge is 0.309 e. The molecule has 4 rings (SSSR count). The number of hydrogen-bond donors (Lipinski definition) is 1. The SMILES string of the molecule is Cc1nn(-c2ncccn2)c2c1[C@H](c1cc(F)ccc1F)SCC(=O)N2. The van der Waals surface area contributed by atoms with Crippen LogP contribution in [0.5, 0.6) is 0 Å². The van der Waals surface area contributed by atoms with Gasteiger partial charge in [0.1, 0.15) is 17.5 Å². The summed E-state index contributed by atoms with van der Waals surface area (Å²) in [4.78, 5) is 20.5. The van der Waals surface area contributed by atoms with E-state index in [1.54, 1.807) is 25.4 Å². The van der Waals surface area contributed by atoms with E-state index in [9.17, 15) is 13.6 Å². The second-order valence-electron chi connectivity index (χ2n) is 5.71. The molecule has 1 aromatic carbocycles. The normalized spacial score (nSPS) is 16.7. The van der Waals surface area contributed by atoms with Gasteiger partial charge in [-0.25, -0.2) is 18.7 Å². The molecule has 3 heterocycles. The van der Waals surface area contributed by atoms with Crippen LogP contribution in [0.15, 0.2) is 36.7 Å². The van der Waals surface area contributed by atoms with E-state index in [4.69, 9.17) is 0 Å². The van der Waals surface area contributed by atoms with Gasteiger partial charge in [0, 0.05) is 23.5 Å². The summed E-state index contributed by atoms with van der Waals surface area (Å²) in [5.41, 5.74) is 1.36. The number of carbonyl (C=O) groups excluding carboxylic acids is 1. The molecule has 0 fully saturated rings. The molecule has 132 valence electrons. The highest BCUT2D eigenvalue weighted by atomic mass is 32.2. The molecule has 0 saturated heterocycles. The van der Waals surface area contributed by atoms with E-state index < -0.39 is 16.9 Å². The molecule has 0 aliphatic carbocycles. The first-order chi connectivity index (χ1) is 12.5. The summed E-state index contributed by atoms with van der Waals surface area (Å²) in [6.45, 7) is 1.75. The Kier molecular flexibility index (Phi) is 4.15. The average Bonchev–Trinajstić information content (AvgIpc) is 2.84. The average molecular weight is 373 g/mol. The zero-order chi connectivity index (χ0) is 18.3. The highest BCUT2D eigenvalue weighted by Crippen LogP contribution is 2.44. The molecule has 1 amide bonds. The number of aromatic nitrogens is 4. The van der Waals surface area contributed by atoms with E-state index in [2.05, 4.69) is 20.4 Å². The van der Waals surface area contributed by atoms with E-state index in [-0.39, 0.29) is 23.2 Å². The third-order valence-corrected chi connectivity index (χ3v) is 5.24. The third kappa shape index (κ3) is 2.84. The molecular formula is C17H13F2N5OS. The number of benzene rings is 1. The number of amides is 1. The molecule has 26 heavy (non-hydrogen) atoms. The van der Waals surface area contributed by atoms with Crippen LogP contribution in [0.4, 0.5) is 14.6 Å². The van der Waals surface area contributed by atoms with Crippen LogP contribution >= 0.6 is 11.8 Å². The molecule has 1 N–H and O–H groups in total. The molecule has 1 aliphatic rings. The van der Waals surface area contributed by atoms with E-state index in [0.717, 1.165) is 18.2 Å². The molecule has 1 aliphatic heterocycles. The van der Waals surface area contributed by atoms with Gasteiger partial charge in [-0.3, -0.25) is 4.79 Å². The van der Waals surface area contributed by atoms with Gasteiger partial charge in [-0.05, 0) is 31.2 Å². The fraction of sp³-hybridized carbons (Fsp3) is 0.176. The maximum Gasteiger partial charge on any atom is 0.252 e. The van der Waals surface area contributed by atoms with Crippen molar-refractivity contribution in [2.45, 2.75) is 12.2 Å². The van der Waals surface area contributed by atoms with Crippen molar-refractivity contribution in [2.24, 2.45) is 0 Å². The van der Waals surface area contributed by atoms with E-state index >= 15 is 0 Å². The van der Waals surface area contributed by atoms with Gasteiger partial charge in [0.2, 0.25) is 5.91 Å². The zero-order valence-corrected chi connectivity index (χ0v) is 14.4. The monoisotopic (exact) mass is 373 g/mol. The van der Waals surface area contributed by atoms with Crippen LogP contribution in [0.25, 0.3) is 5.95 Å². The Morgan fingerprint density at radius 2 is 2.04 bits per heavy atom. The molecule has 0 saturated carbocycles. The quantitative estimate of drug-likeness (QED) is 0.748. The van der Waals surface area contributed by atoms with Crippen LogP contribution in [0.1, 0.15) is 22.1 Å². The number of carbonyl (C=O) groups is 1. The van der Waals surface area contributed by atoms with Crippen molar-refractivity contribution in [3.63, 3.8) is 0 Å². The van der Waals surface area contributed by atoms with Gasteiger partial charge < -0.3 is 5.32 Å². The molecule has 1 atom stereocenters. The summed E-state index contributed by atoms with van der Waals surface area (Å²) >= 11 is 1.22. The van der Waals surface area contributed by atoms with Crippen LogP contribution in [0.3, 0.4) is 0 Å². The first-order valence-corrected chi connectivity index (χ1v) is 8.83. The number of nitrogens with one attached hydrogen (secondary N) is 1. The van der Waals surface area contributed by atoms with Gasteiger partial charge >= 0.3 is 0 Å². The lowest BCUT2D eigenvalue weighted by Crippen LogP contribution is -2.16. The Labute approximate surface area is 151 Å². The molecule has 9 heteroatoms. The van der Waals surface area contributed by atoms with Crippen molar-refractivity contribution < 1.29 is 13.6 Å². The van der Waals surface area contributed by atoms with Crippen LogP contribution < -0.4 is 5.32 Å². The van der Waals surface area contributed by atoms with Crippen molar-refractivity contribution >= 4 is 23.5 Å². The molecule has 6 nitrogen and oxygen atoms in total. The Morgan fingerprint density at radius 3 is 2.81 bits per heavy atom. The van der Waals surface area contributed by atoms with E-state index in [1.165, 1.54) is 16.4 Å². The number of fused-ring (bicyclic) bond motifs is 1. The number of thioether (sulfide) groups is 1. The predicted molar refractivity (Wildman–Crippen MR) is 93.2 cm³/mol. The van der Waals surface area contributed by atoms with Crippen LogP contribution in [-0.4, -0.2) is 31.4 Å². The van der Waals surface area contributed by atoms with Crippen molar-refractivity contribution in [3.05, 3.63) is 65.1 Å². The minimum Gasteiger partial charge on any atom is -0.309 e. The zero-order valence-electron chi connectivity index (χ0n) is 13.6. The van der Waals surface area contributed by atoms with Gasteiger partial charge in [0.05, 0.1) is 16.7 Å². The van der Waals surface area contributed by atoms with Crippen molar-refractivity contribution in [2.75, 3.05) is 11.1 Å². The van der Waals surface area contributed by atoms with Gasteiger partial charge in [-0.1, -0.05) is 0 Å². The van der Waals surface area contributed by atoms with Crippen LogP contribution in [-0.2, 0) is 4.79 Å². The standard InChI is InChI=1S/C17H13F2N5OS/c1-9-14-15(11-7-10(18)3-4-12(11)19)26-8-13(25)22-16(14)24(23-9)17-20-5-2-6-21-17/h2-7,15H,8H2,1H3,(H,22,25)/t15-/m0/s1. The first kappa shape index (κ1) is 16.6. The highest BCUT2D eigenvalue weighted by Gasteiger charge is 2.32. The van der Waals surface area contributed by atoms with Gasteiger partial charge in [0.25, 0.3) is 5.95 Å². The lowest BCUT2D eigenvalue weighted by Gasteiger charge is -2.16. The lowest BCUT2D eigenvalue weighted by atomic mass is 10.0. The Morgan fingerprint density at radius 1 is 1.27 bits per heavy atom. The fourth-order valence-electron chi connectivity index (χ4n) is 2.89. The smallest absolute Gasteiger partial charge is 0.252 e. The highest BCUT2D eigenvalue weighted by molar-refractivity contribution is 8.00. The first-order valence-electron chi connectivity index (χ1n) is 7.78. The number of nitrogens with zero attached hydrogens (tertiary/aromatic N) is 4. The summed E-state index contributed by atoms with van der Waals surface area (Å²) in [6.07, 6.45) is 3.12. The Balaban J connectivity index is 1.93. The third-order valence-electron chi connectivity index (χ3n) is 3.99. The summed E-state index contributed by atoms with van der Waals surface area (Å²) < 4.78 is 29.5. The number of anilines is 1. The second-order valence-corrected chi connectivity index (χ2v) is 6.81. The maximum absolute atomic E-state index is 14.4. The van der Waals surface area contributed by atoms with Crippen molar-refractivity contribution in [3.8, 4) is 5.95 Å². The molecule has 3 aromatic rings. The molecule has 0 spiro atoms. The number of halogens is 2. The predicted octanol–water partition coefficient (Wildman–Crippen LogP) is 3.02. The fourth-order valence-corrected chi connectivity index (χ4v) is 4.09. The Hall–Kier alpha value is -2.81.